The average molecular weight is 303 g/mol. The third kappa shape index (κ3) is 4.13. The fourth-order valence-corrected chi connectivity index (χ4v) is 2.68. The summed E-state index contributed by atoms with van der Waals surface area (Å²) >= 11 is 0. The Morgan fingerprint density at radius 1 is 0.783 bits per heavy atom. The van der Waals surface area contributed by atoms with E-state index in [0.717, 1.165) is 17.9 Å². The summed E-state index contributed by atoms with van der Waals surface area (Å²) in [5.41, 5.74) is 3.70. The molecule has 0 heterocycles. The molecule has 2 nitrogen and oxygen atoms in total. The summed E-state index contributed by atoms with van der Waals surface area (Å²) in [4.78, 5) is 0. The van der Waals surface area contributed by atoms with E-state index in [9.17, 15) is 0 Å². The van der Waals surface area contributed by atoms with Crippen LogP contribution in [0.5, 0.6) is 5.75 Å². The van der Waals surface area contributed by atoms with Crippen LogP contribution in [0.2, 0.25) is 0 Å². The first-order valence-corrected chi connectivity index (χ1v) is 7.84. The van der Waals surface area contributed by atoms with Crippen LogP contribution in [0, 0.1) is 0 Å². The molecule has 0 bridgehead atoms. The Morgan fingerprint density at radius 2 is 1.39 bits per heavy atom. The Kier molecular flexibility index (Phi) is 4.95. The summed E-state index contributed by atoms with van der Waals surface area (Å²) in [5, 5.41) is 3.64. The molecule has 0 spiro atoms. The van der Waals surface area contributed by atoms with Crippen molar-refractivity contribution in [2.45, 2.75) is 12.5 Å². The van der Waals surface area contributed by atoms with Crippen LogP contribution in [0.15, 0.2) is 84.9 Å². The topological polar surface area (TPSA) is 21.3 Å². The number of methoxy groups -OCH3 is 1. The van der Waals surface area contributed by atoms with Crippen molar-refractivity contribution in [1.29, 1.82) is 0 Å². The highest BCUT2D eigenvalue weighted by Gasteiger charge is 2.12. The number of hydrogen-bond acceptors (Lipinski definition) is 2. The summed E-state index contributed by atoms with van der Waals surface area (Å²) < 4.78 is 5.23. The van der Waals surface area contributed by atoms with Crippen molar-refractivity contribution in [3.63, 3.8) is 0 Å². The number of anilines is 1. The third-order valence-corrected chi connectivity index (χ3v) is 3.92. The first-order valence-electron chi connectivity index (χ1n) is 7.84. The number of nitrogens with one attached hydrogen (secondary N) is 1. The largest absolute Gasteiger partial charge is 0.497 e. The van der Waals surface area contributed by atoms with Crippen molar-refractivity contribution in [2.24, 2.45) is 0 Å². The minimum absolute atomic E-state index is 0.229. The lowest BCUT2D eigenvalue weighted by Crippen LogP contribution is -2.13. The van der Waals surface area contributed by atoms with Crippen molar-refractivity contribution < 1.29 is 4.74 Å². The number of ether oxygens (including phenoxy) is 1. The van der Waals surface area contributed by atoms with Crippen LogP contribution in [0.25, 0.3) is 0 Å². The quantitative estimate of drug-likeness (QED) is 0.684. The Hall–Kier alpha value is -2.74. The normalized spacial score (nSPS) is 11.7. The van der Waals surface area contributed by atoms with E-state index < -0.39 is 0 Å². The molecule has 2 heteroatoms. The SMILES string of the molecule is COc1ccc(NC(Cc2ccccc2)c2ccccc2)cc1. The van der Waals surface area contributed by atoms with Gasteiger partial charge in [-0.15, -0.1) is 0 Å². The van der Waals surface area contributed by atoms with Crippen LogP contribution in [0.1, 0.15) is 17.2 Å². The number of hydrogen-bond donors (Lipinski definition) is 1. The van der Waals surface area contributed by atoms with Gasteiger partial charge >= 0.3 is 0 Å². The van der Waals surface area contributed by atoms with E-state index in [1.807, 2.05) is 12.1 Å². The Balaban J connectivity index is 1.82. The van der Waals surface area contributed by atoms with Gasteiger partial charge in [-0.3, -0.25) is 0 Å². The van der Waals surface area contributed by atoms with Gasteiger partial charge in [0.15, 0.2) is 0 Å². The Bertz CT molecular complexity index is 708. The van der Waals surface area contributed by atoms with Gasteiger partial charge in [-0.1, -0.05) is 60.7 Å². The molecule has 3 aromatic carbocycles. The lowest BCUT2D eigenvalue weighted by Gasteiger charge is -2.21. The molecule has 1 N–H and O–H groups in total. The first kappa shape index (κ1) is 15.2. The summed E-state index contributed by atoms with van der Waals surface area (Å²) in [6.45, 7) is 0. The van der Waals surface area contributed by atoms with Crippen molar-refractivity contribution in [3.05, 3.63) is 96.1 Å². The molecule has 0 aliphatic heterocycles. The van der Waals surface area contributed by atoms with Crippen LogP contribution < -0.4 is 10.1 Å². The van der Waals surface area contributed by atoms with Crippen molar-refractivity contribution in [2.75, 3.05) is 12.4 Å². The highest BCUT2D eigenvalue weighted by atomic mass is 16.5. The van der Waals surface area contributed by atoms with Gasteiger partial charge < -0.3 is 10.1 Å². The van der Waals surface area contributed by atoms with Crippen LogP contribution in [-0.2, 0) is 6.42 Å². The second-order valence-corrected chi connectivity index (χ2v) is 5.53. The maximum atomic E-state index is 5.23. The number of rotatable bonds is 6. The summed E-state index contributed by atoms with van der Waals surface area (Å²) in [7, 11) is 1.69. The summed E-state index contributed by atoms with van der Waals surface area (Å²) in [6, 6.07) is 29.4. The van der Waals surface area contributed by atoms with Crippen molar-refractivity contribution in [3.8, 4) is 5.75 Å². The van der Waals surface area contributed by atoms with E-state index >= 15 is 0 Å². The Morgan fingerprint density at radius 3 is 2.00 bits per heavy atom. The fraction of sp³-hybridized carbons (Fsp3) is 0.143. The fourth-order valence-electron chi connectivity index (χ4n) is 2.68. The minimum Gasteiger partial charge on any atom is -0.497 e. The maximum Gasteiger partial charge on any atom is 0.119 e. The van der Waals surface area contributed by atoms with E-state index in [0.29, 0.717) is 0 Å². The van der Waals surface area contributed by atoms with E-state index in [4.69, 9.17) is 4.74 Å². The van der Waals surface area contributed by atoms with E-state index in [2.05, 4.69) is 78.1 Å². The highest BCUT2D eigenvalue weighted by Crippen LogP contribution is 2.25. The molecule has 116 valence electrons. The lowest BCUT2D eigenvalue weighted by atomic mass is 9.98. The molecule has 0 radical (unpaired) electrons. The Labute approximate surface area is 137 Å². The second-order valence-electron chi connectivity index (χ2n) is 5.53. The molecular weight excluding hydrogens is 282 g/mol. The second kappa shape index (κ2) is 7.50. The molecule has 23 heavy (non-hydrogen) atoms. The minimum atomic E-state index is 0.229. The van der Waals surface area contributed by atoms with Gasteiger partial charge in [0.1, 0.15) is 5.75 Å². The van der Waals surface area contributed by atoms with Gasteiger partial charge in [0, 0.05) is 5.69 Å². The summed E-state index contributed by atoms with van der Waals surface area (Å²) in [6.07, 6.45) is 0.941. The third-order valence-electron chi connectivity index (χ3n) is 3.92. The molecule has 1 unspecified atom stereocenters. The van der Waals surface area contributed by atoms with Gasteiger partial charge in [0.05, 0.1) is 13.2 Å². The predicted octanol–water partition coefficient (Wildman–Crippen LogP) is 5.09. The maximum absolute atomic E-state index is 5.23. The van der Waals surface area contributed by atoms with Crippen LogP contribution in [0.3, 0.4) is 0 Å². The van der Waals surface area contributed by atoms with Crippen LogP contribution >= 0.6 is 0 Å². The molecule has 0 aliphatic carbocycles. The van der Waals surface area contributed by atoms with Gasteiger partial charge in [-0.05, 0) is 41.8 Å². The molecule has 0 amide bonds. The van der Waals surface area contributed by atoms with Gasteiger partial charge in [0.2, 0.25) is 0 Å². The molecule has 0 saturated carbocycles. The zero-order valence-electron chi connectivity index (χ0n) is 13.3. The average Bonchev–Trinajstić information content (AvgIpc) is 2.63. The predicted molar refractivity (Wildman–Crippen MR) is 95.9 cm³/mol. The van der Waals surface area contributed by atoms with Crippen molar-refractivity contribution in [1.82, 2.24) is 0 Å². The van der Waals surface area contributed by atoms with Gasteiger partial charge in [-0.25, -0.2) is 0 Å². The molecule has 0 aromatic heterocycles. The molecule has 0 aliphatic rings. The number of benzene rings is 3. The lowest BCUT2D eigenvalue weighted by molar-refractivity contribution is 0.415. The molecule has 0 saturated heterocycles. The van der Waals surface area contributed by atoms with E-state index in [-0.39, 0.29) is 6.04 Å². The van der Waals surface area contributed by atoms with E-state index in [1.165, 1.54) is 11.1 Å². The zero-order chi connectivity index (χ0) is 15.9. The van der Waals surface area contributed by atoms with Gasteiger partial charge in [-0.2, -0.15) is 0 Å². The molecular formula is C21H21NO. The molecule has 3 aromatic rings. The van der Waals surface area contributed by atoms with E-state index in [1.54, 1.807) is 7.11 Å². The zero-order valence-corrected chi connectivity index (χ0v) is 13.3. The van der Waals surface area contributed by atoms with Crippen molar-refractivity contribution >= 4 is 5.69 Å². The first-order chi connectivity index (χ1) is 11.3. The van der Waals surface area contributed by atoms with Crippen LogP contribution in [0.4, 0.5) is 5.69 Å². The summed E-state index contributed by atoms with van der Waals surface area (Å²) in [5.74, 6) is 0.870. The standard InChI is InChI=1S/C21H21NO/c1-23-20-14-12-19(13-15-20)22-21(18-10-6-3-7-11-18)16-17-8-4-2-5-9-17/h2-15,21-22H,16H2,1H3. The molecule has 3 rings (SSSR count). The smallest absolute Gasteiger partial charge is 0.119 e. The highest BCUT2D eigenvalue weighted by molar-refractivity contribution is 5.48. The van der Waals surface area contributed by atoms with Gasteiger partial charge in [0.25, 0.3) is 0 Å². The monoisotopic (exact) mass is 303 g/mol. The van der Waals surface area contributed by atoms with Crippen LogP contribution in [-0.4, -0.2) is 7.11 Å². The molecule has 0 fully saturated rings. The molecule has 1 atom stereocenters.